The molecule has 154 valence electrons. The first-order chi connectivity index (χ1) is 13.1. The fraction of sp³-hybridized carbons (Fsp3) is 0.474. The summed E-state index contributed by atoms with van der Waals surface area (Å²) in [5, 5.41) is 14.0. The lowest BCUT2D eigenvalue weighted by Crippen LogP contribution is -2.22. The van der Waals surface area contributed by atoms with Gasteiger partial charge in [0.15, 0.2) is 0 Å². The normalized spacial score (nSPS) is 11.5. The van der Waals surface area contributed by atoms with Crippen molar-refractivity contribution >= 4 is 27.4 Å². The Kier molecular flexibility index (Phi) is 6.71. The smallest absolute Gasteiger partial charge is 0.337 e. The molecular formula is C19H28N4O4S. The van der Waals surface area contributed by atoms with E-state index in [9.17, 15) is 18.3 Å². The Morgan fingerprint density at radius 3 is 2.54 bits per heavy atom. The molecule has 8 nitrogen and oxygen atoms in total. The van der Waals surface area contributed by atoms with Crippen LogP contribution in [0.3, 0.4) is 0 Å². The average molecular weight is 409 g/mol. The van der Waals surface area contributed by atoms with Crippen LogP contribution in [-0.4, -0.2) is 48.6 Å². The Morgan fingerprint density at radius 1 is 1.32 bits per heavy atom. The van der Waals surface area contributed by atoms with Crippen molar-refractivity contribution in [1.29, 1.82) is 0 Å². The number of nitrogens with one attached hydrogen (secondary N) is 1. The summed E-state index contributed by atoms with van der Waals surface area (Å²) in [5.74, 6) is -1.18. The van der Waals surface area contributed by atoms with Crippen molar-refractivity contribution in [2.24, 2.45) is 7.05 Å². The highest BCUT2D eigenvalue weighted by Gasteiger charge is 2.17. The van der Waals surface area contributed by atoms with Crippen molar-refractivity contribution < 1.29 is 18.3 Å². The molecule has 0 unspecified atom stereocenters. The first-order valence-corrected chi connectivity index (χ1v) is 10.8. The number of hydrogen-bond donors (Lipinski definition) is 2. The largest absolute Gasteiger partial charge is 0.478 e. The molecule has 0 bridgehead atoms. The maximum Gasteiger partial charge on any atom is 0.337 e. The average Bonchev–Trinajstić information content (AvgIpc) is 2.87. The number of carboxylic acid groups (broad SMARTS) is 1. The third-order valence-electron chi connectivity index (χ3n) is 4.87. The summed E-state index contributed by atoms with van der Waals surface area (Å²) in [6.07, 6.45) is 1.69. The summed E-state index contributed by atoms with van der Waals surface area (Å²) in [6, 6.07) is 4.58. The Labute approximate surface area is 166 Å². The first-order valence-electron chi connectivity index (χ1n) is 9.13. The Morgan fingerprint density at radius 2 is 2.00 bits per heavy atom. The molecule has 0 amide bonds. The van der Waals surface area contributed by atoms with Gasteiger partial charge >= 0.3 is 5.97 Å². The van der Waals surface area contributed by atoms with Gasteiger partial charge in [-0.3, -0.25) is 9.40 Å². The maximum atomic E-state index is 11.7. The van der Waals surface area contributed by atoms with E-state index in [0.717, 1.165) is 24.2 Å². The van der Waals surface area contributed by atoms with Crippen molar-refractivity contribution in [2.75, 3.05) is 29.0 Å². The minimum atomic E-state index is -3.46. The number of anilines is 2. The highest BCUT2D eigenvalue weighted by Crippen LogP contribution is 2.25. The SMILES string of the molecule is CCS(=O)(=O)Nc1ccc(N(C)CCCc2c(C)nn(C)c2C)c(C(=O)O)c1. The number of hydrogen-bond acceptors (Lipinski definition) is 5. The van der Waals surface area contributed by atoms with Gasteiger partial charge in [0, 0.05) is 32.0 Å². The summed E-state index contributed by atoms with van der Waals surface area (Å²) in [6.45, 7) is 6.21. The van der Waals surface area contributed by atoms with E-state index in [1.54, 1.807) is 12.1 Å². The summed E-state index contributed by atoms with van der Waals surface area (Å²) in [7, 11) is 0.292. The van der Waals surface area contributed by atoms with Crippen molar-refractivity contribution in [2.45, 2.75) is 33.6 Å². The number of benzene rings is 1. The maximum absolute atomic E-state index is 11.7. The van der Waals surface area contributed by atoms with Crippen LogP contribution in [0, 0.1) is 13.8 Å². The molecule has 0 saturated carbocycles. The number of rotatable bonds is 9. The zero-order valence-corrected chi connectivity index (χ0v) is 17.8. The number of sulfonamides is 1. The predicted octanol–water partition coefficient (Wildman–Crippen LogP) is 2.57. The molecule has 9 heteroatoms. The van der Waals surface area contributed by atoms with Crippen LogP contribution in [0.2, 0.25) is 0 Å². The summed E-state index contributed by atoms with van der Waals surface area (Å²) < 4.78 is 27.7. The Hall–Kier alpha value is -2.55. The molecule has 0 spiro atoms. The van der Waals surface area contributed by atoms with Gasteiger partial charge in [-0.05, 0) is 57.4 Å². The number of carbonyl (C=O) groups is 1. The fourth-order valence-electron chi connectivity index (χ4n) is 3.15. The topological polar surface area (TPSA) is 105 Å². The van der Waals surface area contributed by atoms with Gasteiger partial charge in [-0.1, -0.05) is 0 Å². The molecule has 28 heavy (non-hydrogen) atoms. The Balaban J connectivity index is 2.13. The third-order valence-corrected chi connectivity index (χ3v) is 6.18. The van der Waals surface area contributed by atoms with Gasteiger partial charge in [0.1, 0.15) is 0 Å². The second-order valence-corrected chi connectivity index (χ2v) is 8.85. The van der Waals surface area contributed by atoms with Crippen LogP contribution in [0.15, 0.2) is 18.2 Å². The first kappa shape index (κ1) is 21.7. The highest BCUT2D eigenvalue weighted by molar-refractivity contribution is 7.92. The zero-order valence-electron chi connectivity index (χ0n) is 17.0. The molecule has 0 radical (unpaired) electrons. The van der Waals surface area contributed by atoms with E-state index in [-0.39, 0.29) is 17.0 Å². The highest BCUT2D eigenvalue weighted by atomic mass is 32.2. The molecule has 2 aromatic rings. The lowest BCUT2D eigenvalue weighted by Gasteiger charge is -2.22. The van der Waals surface area contributed by atoms with E-state index >= 15 is 0 Å². The lowest BCUT2D eigenvalue weighted by molar-refractivity contribution is 0.0697. The predicted molar refractivity (Wildman–Crippen MR) is 111 cm³/mol. The van der Waals surface area contributed by atoms with Crippen LogP contribution in [-0.2, 0) is 23.5 Å². The lowest BCUT2D eigenvalue weighted by atomic mass is 10.1. The van der Waals surface area contributed by atoms with Crippen molar-refractivity contribution in [3.05, 3.63) is 40.7 Å². The standard InChI is InChI=1S/C19H28N4O4S/c1-6-28(26,27)21-15-9-10-18(17(12-15)19(24)25)22(4)11-7-8-16-13(2)20-23(5)14(16)3/h9-10,12,21H,6-8,11H2,1-5H3,(H,24,25). The third kappa shape index (κ3) is 5.03. The van der Waals surface area contributed by atoms with E-state index in [4.69, 9.17) is 0 Å². The van der Waals surface area contributed by atoms with Crippen molar-refractivity contribution in [3.63, 3.8) is 0 Å². The van der Waals surface area contributed by atoms with Gasteiger partial charge in [0.2, 0.25) is 10.0 Å². The molecule has 0 saturated heterocycles. The second kappa shape index (κ2) is 8.64. The van der Waals surface area contributed by atoms with Gasteiger partial charge in [-0.15, -0.1) is 0 Å². The second-order valence-electron chi connectivity index (χ2n) is 6.84. The van der Waals surface area contributed by atoms with Gasteiger partial charge < -0.3 is 10.0 Å². The molecule has 1 aromatic carbocycles. The zero-order chi connectivity index (χ0) is 21.1. The molecule has 1 heterocycles. The molecule has 0 aliphatic carbocycles. The minimum absolute atomic E-state index is 0.0625. The van der Waals surface area contributed by atoms with E-state index < -0.39 is 16.0 Å². The van der Waals surface area contributed by atoms with Crippen LogP contribution in [0.5, 0.6) is 0 Å². The van der Waals surface area contributed by atoms with Crippen LogP contribution < -0.4 is 9.62 Å². The summed E-state index contributed by atoms with van der Waals surface area (Å²) in [5.41, 5.74) is 4.23. The van der Waals surface area contributed by atoms with E-state index in [0.29, 0.717) is 12.2 Å². The number of aromatic carboxylic acids is 1. The summed E-state index contributed by atoms with van der Waals surface area (Å²) >= 11 is 0. The van der Waals surface area contributed by atoms with Crippen LogP contribution in [0.1, 0.15) is 40.7 Å². The van der Waals surface area contributed by atoms with E-state index in [1.165, 1.54) is 18.6 Å². The van der Waals surface area contributed by atoms with Gasteiger partial charge in [0.05, 0.1) is 22.7 Å². The molecule has 2 N–H and O–H groups in total. The van der Waals surface area contributed by atoms with Gasteiger partial charge in [-0.25, -0.2) is 13.2 Å². The van der Waals surface area contributed by atoms with Crippen LogP contribution >= 0.6 is 0 Å². The van der Waals surface area contributed by atoms with Crippen LogP contribution in [0.25, 0.3) is 0 Å². The monoisotopic (exact) mass is 408 g/mol. The van der Waals surface area contributed by atoms with E-state index in [2.05, 4.69) is 9.82 Å². The van der Waals surface area contributed by atoms with Crippen molar-refractivity contribution in [3.8, 4) is 0 Å². The molecule has 0 aliphatic heterocycles. The fourth-order valence-corrected chi connectivity index (χ4v) is 3.78. The molecular weight excluding hydrogens is 380 g/mol. The van der Waals surface area contributed by atoms with Gasteiger partial charge in [0.25, 0.3) is 0 Å². The molecule has 0 atom stereocenters. The number of carboxylic acids is 1. The minimum Gasteiger partial charge on any atom is -0.478 e. The number of aryl methyl sites for hydroxylation is 2. The van der Waals surface area contributed by atoms with E-state index in [1.807, 2.05) is 37.5 Å². The number of aromatic nitrogens is 2. The Bertz CT molecular complexity index is 967. The molecule has 0 aliphatic rings. The number of nitrogens with zero attached hydrogens (tertiary/aromatic N) is 3. The quantitative estimate of drug-likeness (QED) is 0.661. The molecule has 1 aromatic heterocycles. The van der Waals surface area contributed by atoms with Crippen LogP contribution in [0.4, 0.5) is 11.4 Å². The molecule has 0 fully saturated rings. The molecule has 2 rings (SSSR count). The van der Waals surface area contributed by atoms with Gasteiger partial charge in [-0.2, -0.15) is 5.10 Å². The summed E-state index contributed by atoms with van der Waals surface area (Å²) in [4.78, 5) is 13.6. The van der Waals surface area contributed by atoms with Crippen molar-refractivity contribution in [1.82, 2.24) is 9.78 Å².